The molecule has 0 fully saturated rings. The summed E-state index contributed by atoms with van der Waals surface area (Å²) in [6.07, 6.45) is 5.76. The molecule has 0 spiro atoms. The van der Waals surface area contributed by atoms with E-state index in [1.807, 2.05) is 29.1 Å². The second-order valence-corrected chi connectivity index (χ2v) is 5.02. The highest BCUT2D eigenvalue weighted by Crippen LogP contribution is 2.12. The van der Waals surface area contributed by atoms with Crippen molar-refractivity contribution in [2.24, 2.45) is 5.73 Å². The van der Waals surface area contributed by atoms with E-state index in [2.05, 4.69) is 6.92 Å². The van der Waals surface area contributed by atoms with Crippen molar-refractivity contribution in [2.45, 2.75) is 32.4 Å². The molecule has 104 valence electrons. The van der Waals surface area contributed by atoms with Gasteiger partial charge in [-0.05, 0) is 48.2 Å². The van der Waals surface area contributed by atoms with Gasteiger partial charge in [-0.1, -0.05) is 6.92 Å². The Kier molecular flexibility index (Phi) is 4.54. The highest BCUT2D eigenvalue weighted by Gasteiger charge is 2.05. The molecule has 3 nitrogen and oxygen atoms in total. The van der Waals surface area contributed by atoms with Gasteiger partial charge in [0.05, 0.1) is 11.6 Å². The van der Waals surface area contributed by atoms with Gasteiger partial charge in [-0.2, -0.15) is 5.26 Å². The monoisotopic (exact) mass is 271 g/mol. The van der Waals surface area contributed by atoms with E-state index in [9.17, 15) is 4.39 Å². The molecule has 4 heteroatoms. The zero-order valence-electron chi connectivity index (χ0n) is 11.5. The summed E-state index contributed by atoms with van der Waals surface area (Å²) in [6.45, 7) is 2.62. The molecule has 0 aliphatic heterocycles. The van der Waals surface area contributed by atoms with E-state index < -0.39 is 0 Å². The predicted octanol–water partition coefficient (Wildman–Crippen LogP) is 2.83. The smallest absolute Gasteiger partial charge is 0.124 e. The van der Waals surface area contributed by atoms with Crippen LogP contribution in [0.4, 0.5) is 4.39 Å². The number of aromatic nitrogens is 1. The molecular formula is C16H18FN3. The Morgan fingerprint density at radius 2 is 2.15 bits per heavy atom. The standard InChI is InChI=1S/C16H18FN3/c1-2-16(19)8-12-3-4-20(10-12)11-14-5-13(9-18)6-15(17)7-14/h3-7,10,16H,2,8,11,19H2,1H3. The molecule has 2 aromatic rings. The van der Waals surface area contributed by atoms with Crippen molar-refractivity contribution in [3.8, 4) is 6.07 Å². The first-order valence-electron chi connectivity index (χ1n) is 6.70. The molecule has 0 aliphatic carbocycles. The number of benzene rings is 1. The summed E-state index contributed by atoms with van der Waals surface area (Å²) >= 11 is 0. The van der Waals surface area contributed by atoms with Crippen molar-refractivity contribution in [3.05, 3.63) is 59.2 Å². The van der Waals surface area contributed by atoms with Crippen molar-refractivity contribution in [2.75, 3.05) is 0 Å². The van der Waals surface area contributed by atoms with Crippen molar-refractivity contribution >= 4 is 0 Å². The van der Waals surface area contributed by atoms with Crippen molar-refractivity contribution < 1.29 is 4.39 Å². The zero-order chi connectivity index (χ0) is 14.5. The number of hydrogen-bond acceptors (Lipinski definition) is 2. The van der Waals surface area contributed by atoms with Crippen LogP contribution in [0.2, 0.25) is 0 Å². The molecule has 0 saturated carbocycles. The summed E-state index contributed by atoms with van der Waals surface area (Å²) < 4.78 is 15.3. The third-order valence-corrected chi connectivity index (χ3v) is 3.29. The third-order valence-electron chi connectivity index (χ3n) is 3.29. The van der Waals surface area contributed by atoms with Gasteiger partial charge in [0.25, 0.3) is 0 Å². The Labute approximate surface area is 118 Å². The second-order valence-electron chi connectivity index (χ2n) is 5.02. The van der Waals surface area contributed by atoms with Crippen molar-refractivity contribution in [1.82, 2.24) is 4.57 Å². The molecule has 0 bridgehead atoms. The van der Waals surface area contributed by atoms with Crippen molar-refractivity contribution in [1.29, 1.82) is 5.26 Å². The zero-order valence-corrected chi connectivity index (χ0v) is 11.5. The summed E-state index contributed by atoms with van der Waals surface area (Å²) in [6, 6.07) is 8.57. The maximum atomic E-state index is 13.4. The Hall–Kier alpha value is -2.12. The molecule has 2 rings (SSSR count). The number of nitriles is 1. The minimum absolute atomic E-state index is 0.171. The maximum Gasteiger partial charge on any atom is 0.124 e. The number of hydrogen-bond donors (Lipinski definition) is 1. The van der Waals surface area contributed by atoms with E-state index in [1.54, 1.807) is 6.07 Å². The van der Waals surface area contributed by atoms with Gasteiger partial charge >= 0.3 is 0 Å². The highest BCUT2D eigenvalue weighted by molar-refractivity contribution is 5.34. The third kappa shape index (κ3) is 3.69. The minimum atomic E-state index is -0.376. The Morgan fingerprint density at radius 3 is 2.85 bits per heavy atom. The van der Waals surface area contributed by atoms with E-state index >= 15 is 0 Å². The van der Waals surface area contributed by atoms with Crippen LogP contribution in [-0.4, -0.2) is 10.6 Å². The summed E-state index contributed by atoms with van der Waals surface area (Å²) in [4.78, 5) is 0. The maximum absolute atomic E-state index is 13.4. The van der Waals surface area contributed by atoms with Gasteiger partial charge in [0.1, 0.15) is 5.82 Å². The van der Waals surface area contributed by atoms with Crippen LogP contribution in [0.25, 0.3) is 0 Å². The molecule has 0 aliphatic rings. The number of rotatable bonds is 5. The lowest BCUT2D eigenvalue weighted by Gasteiger charge is -2.07. The first kappa shape index (κ1) is 14.3. The van der Waals surface area contributed by atoms with Gasteiger partial charge in [0.15, 0.2) is 0 Å². The Balaban J connectivity index is 2.11. The van der Waals surface area contributed by atoms with Gasteiger partial charge in [-0.15, -0.1) is 0 Å². The largest absolute Gasteiger partial charge is 0.350 e. The van der Waals surface area contributed by atoms with Crippen molar-refractivity contribution in [3.63, 3.8) is 0 Å². The first-order valence-corrected chi connectivity index (χ1v) is 6.70. The molecule has 1 atom stereocenters. The topological polar surface area (TPSA) is 54.7 Å². The second kappa shape index (κ2) is 6.36. The van der Waals surface area contributed by atoms with E-state index in [4.69, 9.17) is 11.0 Å². The Morgan fingerprint density at radius 1 is 1.35 bits per heavy atom. The van der Waals surface area contributed by atoms with E-state index in [0.29, 0.717) is 12.1 Å². The molecular weight excluding hydrogens is 253 g/mol. The molecule has 1 unspecified atom stereocenters. The number of nitrogens with zero attached hydrogens (tertiary/aromatic N) is 2. The first-order chi connectivity index (χ1) is 9.60. The fourth-order valence-electron chi connectivity index (χ4n) is 2.17. The average Bonchev–Trinajstić information content (AvgIpc) is 2.85. The number of halogens is 1. The van der Waals surface area contributed by atoms with Gasteiger partial charge in [0.2, 0.25) is 0 Å². The molecule has 0 saturated heterocycles. The minimum Gasteiger partial charge on any atom is -0.350 e. The SMILES string of the molecule is CCC(N)Cc1ccn(Cc2cc(F)cc(C#N)c2)c1. The summed E-state index contributed by atoms with van der Waals surface area (Å²) in [5.74, 6) is -0.376. The lowest BCUT2D eigenvalue weighted by atomic mass is 10.1. The molecule has 1 heterocycles. The Bertz CT molecular complexity index is 625. The van der Waals surface area contributed by atoms with Gasteiger partial charge < -0.3 is 10.3 Å². The van der Waals surface area contributed by atoms with Crippen LogP contribution >= 0.6 is 0 Å². The van der Waals surface area contributed by atoms with Crippen LogP contribution in [0, 0.1) is 17.1 Å². The van der Waals surface area contributed by atoms with E-state index in [0.717, 1.165) is 18.4 Å². The van der Waals surface area contributed by atoms with Crippen LogP contribution in [0.15, 0.2) is 36.7 Å². The lowest BCUT2D eigenvalue weighted by Crippen LogP contribution is -2.21. The van der Waals surface area contributed by atoms with Crippen LogP contribution in [0.5, 0.6) is 0 Å². The molecule has 0 radical (unpaired) electrons. The molecule has 0 amide bonds. The normalized spacial score (nSPS) is 12.1. The molecule has 1 aromatic heterocycles. The van der Waals surface area contributed by atoms with Crippen LogP contribution < -0.4 is 5.73 Å². The highest BCUT2D eigenvalue weighted by atomic mass is 19.1. The molecule has 20 heavy (non-hydrogen) atoms. The summed E-state index contributed by atoms with van der Waals surface area (Å²) in [5, 5.41) is 8.85. The van der Waals surface area contributed by atoms with Gasteiger partial charge in [-0.25, -0.2) is 4.39 Å². The summed E-state index contributed by atoms with van der Waals surface area (Å²) in [7, 11) is 0. The predicted molar refractivity (Wildman–Crippen MR) is 76.6 cm³/mol. The summed E-state index contributed by atoms with van der Waals surface area (Å²) in [5.41, 5.74) is 8.24. The van der Waals surface area contributed by atoms with E-state index in [-0.39, 0.29) is 11.9 Å². The number of nitrogens with two attached hydrogens (primary N) is 1. The van der Waals surface area contributed by atoms with Crippen LogP contribution in [0.3, 0.4) is 0 Å². The lowest BCUT2D eigenvalue weighted by molar-refractivity contribution is 0.623. The molecule has 1 aromatic carbocycles. The van der Waals surface area contributed by atoms with Gasteiger partial charge in [0, 0.05) is 25.0 Å². The average molecular weight is 271 g/mol. The fraction of sp³-hybridized carbons (Fsp3) is 0.312. The molecule has 2 N–H and O–H groups in total. The fourth-order valence-corrected chi connectivity index (χ4v) is 2.17. The van der Waals surface area contributed by atoms with E-state index in [1.165, 1.54) is 17.7 Å². The van der Waals surface area contributed by atoms with Crippen LogP contribution in [-0.2, 0) is 13.0 Å². The quantitative estimate of drug-likeness (QED) is 0.909. The van der Waals surface area contributed by atoms with Gasteiger partial charge in [-0.3, -0.25) is 0 Å². The van der Waals surface area contributed by atoms with Crippen LogP contribution in [0.1, 0.15) is 30.0 Å².